The molecule has 2 rings (SSSR count). The first kappa shape index (κ1) is 15.5. The van der Waals surface area contributed by atoms with Gasteiger partial charge in [-0.15, -0.1) is 0 Å². The van der Waals surface area contributed by atoms with Crippen molar-refractivity contribution in [1.29, 1.82) is 0 Å². The van der Waals surface area contributed by atoms with Crippen molar-refractivity contribution in [1.82, 2.24) is 4.90 Å². The molecule has 0 aromatic heterocycles. The number of carboxylic acid groups (broad SMARTS) is 1. The molecule has 1 amide bonds. The van der Waals surface area contributed by atoms with Gasteiger partial charge in [0.1, 0.15) is 6.04 Å². The maximum Gasteiger partial charge on any atom is 0.326 e. The molecule has 21 heavy (non-hydrogen) atoms. The van der Waals surface area contributed by atoms with E-state index in [1.807, 2.05) is 0 Å². The zero-order valence-electron chi connectivity index (χ0n) is 10.6. The zero-order valence-corrected chi connectivity index (χ0v) is 12.1. The molecule has 1 heterocycles. The highest BCUT2D eigenvalue weighted by Gasteiger charge is 2.36. The number of carbonyl (C=O) groups is 2. The monoisotopic (exact) mass is 332 g/mol. The molecule has 0 unspecified atom stereocenters. The Labute approximate surface area is 129 Å². The minimum atomic E-state index is -1.12. The van der Waals surface area contributed by atoms with Gasteiger partial charge in [0.15, 0.2) is 0 Å². The van der Waals surface area contributed by atoms with Crippen molar-refractivity contribution in [2.45, 2.75) is 18.9 Å². The van der Waals surface area contributed by atoms with Crippen LogP contribution in [0.3, 0.4) is 0 Å². The maximum atomic E-state index is 12.4. The topological polar surface area (TPSA) is 101 Å². The number of hydrogen-bond donors (Lipinski definition) is 1. The Bertz CT molecular complexity index is 634. The molecule has 0 saturated carbocycles. The predicted octanol–water partition coefficient (Wildman–Crippen LogP) is 2.59. The Morgan fingerprint density at radius 3 is 2.62 bits per heavy atom. The van der Waals surface area contributed by atoms with Gasteiger partial charge >= 0.3 is 5.97 Å². The lowest BCUT2D eigenvalue weighted by molar-refractivity contribution is -0.384. The van der Waals surface area contributed by atoms with E-state index >= 15 is 0 Å². The van der Waals surface area contributed by atoms with E-state index in [2.05, 4.69) is 0 Å². The number of likely N-dealkylation sites (tertiary alicyclic amines) is 1. The largest absolute Gasteiger partial charge is 0.480 e. The van der Waals surface area contributed by atoms with E-state index in [9.17, 15) is 19.7 Å². The molecule has 1 atom stereocenters. The fourth-order valence-electron chi connectivity index (χ4n) is 2.26. The van der Waals surface area contributed by atoms with Crippen molar-refractivity contribution < 1.29 is 19.6 Å². The molecule has 1 aromatic carbocycles. The van der Waals surface area contributed by atoms with Gasteiger partial charge in [-0.1, -0.05) is 23.2 Å². The fraction of sp³-hybridized carbons (Fsp3) is 0.333. The average Bonchev–Trinajstić information content (AvgIpc) is 2.90. The van der Waals surface area contributed by atoms with E-state index in [4.69, 9.17) is 28.3 Å². The molecular formula is C12H10Cl2N2O5. The zero-order chi connectivity index (χ0) is 15.7. The summed E-state index contributed by atoms with van der Waals surface area (Å²) < 4.78 is 0. The molecule has 1 aliphatic heterocycles. The summed E-state index contributed by atoms with van der Waals surface area (Å²) in [5.74, 6) is -1.79. The summed E-state index contributed by atoms with van der Waals surface area (Å²) >= 11 is 11.7. The third-order valence-corrected chi connectivity index (χ3v) is 4.05. The lowest BCUT2D eigenvalue weighted by Crippen LogP contribution is -2.40. The normalized spacial score (nSPS) is 17.8. The first-order chi connectivity index (χ1) is 9.82. The van der Waals surface area contributed by atoms with E-state index in [-0.39, 0.29) is 27.8 Å². The van der Waals surface area contributed by atoms with Crippen LogP contribution in [0.5, 0.6) is 0 Å². The van der Waals surface area contributed by atoms with Crippen molar-refractivity contribution in [3.05, 3.63) is 37.9 Å². The molecule has 0 spiro atoms. The standard InChI is InChI=1S/C12H10Cl2N2O5/c13-8-5-6(16(20)21)4-7(10(8)14)11(17)15-3-1-2-9(15)12(18)19/h4-5,9H,1-3H2,(H,18,19)/t9-/m0/s1. The molecule has 1 N–H and O–H groups in total. The van der Waals surface area contributed by atoms with E-state index < -0.39 is 22.8 Å². The van der Waals surface area contributed by atoms with Crippen LogP contribution in [-0.2, 0) is 4.79 Å². The van der Waals surface area contributed by atoms with Crippen LogP contribution in [0.2, 0.25) is 10.0 Å². The van der Waals surface area contributed by atoms with Crippen molar-refractivity contribution >= 4 is 40.8 Å². The molecule has 112 valence electrons. The SMILES string of the molecule is O=C(O)[C@@H]1CCCN1C(=O)c1cc([N+](=O)[O-])cc(Cl)c1Cl. The van der Waals surface area contributed by atoms with E-state index in [0.29, 0.717) is 12.8 Å². The van der Waals surface area contributed by atoms with Crippen LogP contribution in [-0.4, -0.2) is 39.4 Å². The first-order valence-electron chi connectivity index (χ1n) is 6.00. The highest BCUT2D eigenvalue weighted by Crippen LogP contribution is 2.33. The molecule has 1 aliphatic rings. The molecule has 7 nitrogen and oxygen atoms in total. The van der Waals surface area contributed by atoms with Crippen molar-refractivity contribution in [3.8, 4) is 0 Å². The Morgan fingerprint density at radius 2 is 2.05 bits per heavy atom. The summed E-state index contributed by atoms with van der Waals surface area (Å²) in [5, 5.41) is 19.7. The third kappa shape index (κ3) is 2.93. The number of benzene rings is 1. The fourth-order valence-corrected chi connectivity index (χ4v) is 2.66. The summed E-state index contributed by atoms with van der Waals surface area (Å²) in [6.45, 7) is 0.256. The molecular weight excluding hydrogens is 323 g/mol. The van der Waals surface area contributed by atoms with Gasteiger partial charge < -0.3 is 10.0 Å². The smallest absolute Gasteiger partial charge is 0.326 e. The number of carboxylic acids is 1. The van der Waals surface area contributed by atoms with Crippen LogP contribution in [0.15, 0.2) is 12.1 Å². The van der Waals surface area contributed by atoms with Crippen LogP contribution in [0.4, 0.5) is 5.69 Å². The Balaban J connectivity index is 2.43. The predicted molar refractivity (Wildman–Crippen MR) is 74.8 cm³/mol. The van der Waals surface area contributed by atoms with Crippen LogP contribution < -0.4 is 0 Å². The van der Waals surface area contributed by atoms with Crippen LogP contribution in [0, 0.1) is 10.1 Å². The summed E-state index contributed by atoms with van der Waals surface area (Å²) in [5.41, 5.74) is -0.539. The van der Waals surface area contributed by atoms with Crippen molar-refractivity contribution in [2.75, 3.05) is 6.54 Å². The third-order valence-electron chi connectivity index (χ3n) is 3.25. The second-order valence-electron chi connectivity index (χ2n) is 4.54. The molecule has 1 fully saturated rings. The van der Waals surface area contributed by atoms with Gasteiger partial charge in [0, 0.05) is 18.7 Å². The van der Waals surface area contributed by atoms with E-state index in [1.165, 1.54) is 0 Å². The van der Waals surface area contributed by atoms with Crippen LogP contribution in [0.25, 0.3) is 0 Å². The van der Waals surface area contributed by atoms with Crippen molar-refractivity contribution in [3.63, 3.8) is 0 Å². The number of nitrogens with zero attached hydrogens (tertiary/aromatic N) is 2. The minimum absolute atomic E-state index is 0.122. The molecule has 0 aliphatic carbocycles. The Hall–Kier alpha value is -1.86. The van der Waals surface area contributed by atoms with E-state index in [1.54, 1.807) is 0 Å². The quantitative estimate of drug-likeness (QED) is 0.677. The molecule has 1 saturated heterocycles. The van der Waals surface area contributed by atoms with Gasteiger partial charge in [0.25, 0.3) is 11.6 Å². The molecule has 0 radical (unpaired) electrons. The van der Waals surface area contributed by atoms with Gasteiger partial charge in [-0.05, 0) is 12.8 Å². The summed E-state index contributed by atoms with van der Waals surface area (Å²) in [6.07, 6.45) is 0.879. The number of nitro benzene ring substituents is 1. The lowest BCUT2D eigenvalue weighted by atomic mass is 10.1. The van der Waals surface area contributed by atoms with Crippen molar-refractivity contribution in [2.24, 2.45) is 0 Å². The van der Waals surface area contributed by atoms with Gasteiger partial charge in [0.2, 0.25) is 0 Å². The van der Waals surface area contributed by atoms with Gasteiger partial charge in [-0.2, -0.15) is 0 Å². The number of amides is 1. The second-order valence-corrected chi connectivity index (χ2v) is 5.33. The summed E-state index contributed by atoms with van der Waals surface area (Å²) in [7, 11) is 0. The van der Waals surface area contributed by atoms with Gasteiger partial charge in [-0.3, -0.25) is 14.9 Å². The molecule has 0 bridgehead atoms. The number of aliphatic carboxylic acids is 1. The number of non-ortho nitro benzene ring substituents is 1. The highest BCUT2D eigenvalue weighted by atomic mass is 35.5. The average molecular weight is 333 g/mol. The van der Waals surface area contributed by atoms with Crippen LogP contribution >= 0.6 is 23.2 Å². The number of halogens is 2. The second kappa shape index (κ2) is 5.87. The highest BCUT2D eigenvalue weighted by molar-refractivity contribution is 6.44. The minimum Gasteiger partial charge on any atom is -0.480 e. The number of carbonyl (C=O) groups excluding carboxylic acids is 1. The van der Waals surface area contributed by atoms with E-state index in [0.717, 1.165) is 17.0 Å². The maximum absolute atomic E-state index is 12.4. The molecule has 9 heteroatoms. The van der Waals surface area contributed by atoms with Crippen LogP contribution in [0.1, 0.15) is 23.2 Å². The lowest BCUT2D eigenvalue weighted by Gasteiger charge is -2.22. The molecule has 1 aromatic rings. The van der Waals surface area contributed by atoms with Gasteiger partial charge in [0.05, 0.1) is 20.5 Å². The van der Waals surface area contributed by atoms with Gasteiger partial charge in [-0.25, -0.2) is 4.79 Å². The first-order valence-corrected chi connectivity index (χ1v) is 6.75. The number of rotatable bonds is 3. The Morgan fingerprint density at radius 1 is 1.38 bits per heavy atom. The summed E-state index contributed by atoms with van der Waals surface area (Å²) in [4.78, 5) is 34.8. The number of nitro groups is 1. The Kier molecular flexibility index (Phi) is 4.34. The summed E-state index contributed by atoms with van der Waals surface area (Å²) in [6, 6.07) is 1.10. The number of hydrogen-bond acceptors (Lipinski definition) is 4.